The lowest BCUT2D eigenvalue weighted by atomic mass is 9.96. The minimum absolute atomic E-state index is 0.904. The average Bonchev–Trinajstić information content (AvgIpc) is 3.59. The molecular formula is C50H33NO. The zero-order valence-corrected chi connectivity index (χ0v) is 28.4. The fraction of sp³-hybridized carbons (Fsp3) is 0. The molecule has 2 nitrogen and oxygen atoms in total. The number of anilines is 3. The molecule has 0 saturated carbocycles. The molecule has 0 atom stereocenters. The third kappa shape index (κ3) is 5.21. The van der Waals surface area contributed by atoms with E-state index in [1.54, 1.807) is 0 Å². The molecular weight excluding hydrogens is 631 g/mol. The number of para-hydroxylation sites is 1. The molecule has 0 bridgehead atoms. The van der Waals surface area contributed by atoms with Gasteiger partial charge < -0.3 is 9.32 Å². The van der Waals surface area contributed by atoms with E-state index in [0.29, 0.717) is 0 Å². The monoisotopic (exact) mass is 663 g/mol. The van der Waals surface area contributed by atoms with Crippen molar-refractivity contribution in [3.8, 4) is 33.4 Å². The molecule has 244 valence electrons. The highest BCUT2D eigenvalue weighted by atomic mass is 16.3. The number of hydrogen-bond donors (Lipinski definition) is 0. The van der Waals surface area contributed by atoms with Crippen LogP contribution in [0.4, 0.5) is 17.1 Å². The summed E-state index contributed by atoms with van der Waals surface area (Å²) in [7, 11) is 0. The number of nitrogens with zero attached hydrogens (tertiary/aromatic N) is 1. The molecule has 0 aliphatic heterocycles. The smallest absolute Gasteiger partial charge is 0.135 e. The zero-order valence-electron chi connectivity index (χ0n) is 28.4. The molecule has 0 amide bonds. The van der Waals surface area contributed by atoms with Crippen LogP contribution in [0.2, 0.25) is 0 Å². The predicted molar refractivity (Wildman–Crippen MR) is 220 cm³/mol. The average molecular weight is 664 g/mol. The van der Waals surface area contributed by atoms with Crippen molar-refractivity contribution in [1.29, 1.82) is 0 Å². The van der Waals surface area contributed by atoms with E-state index in [1.165, 1.54) is 43.8 Å². The quantitative estimate of drug-likeness (QED) is 0.176. The van der Waals surface area contributed by atoms with Crippen molar-refractivity contribution in [2.45, 2.75) is 0 Å². The summed E-state index contributed by atoms with van der Waals surface area (Å²) in [6.07, 6.45) is 0. The molecule has 0 saturated heterocycles. The van der Waals surface area contributed by atoms with Gasteiger partial charge >= 0.3 is 0 Å². The summed E-state index contributed by atoms with van der Waals surface area (Å²) in [4.78, 5) is 2.38. The minimum atomic E-state index is 0.904. The highest BCUT2D eigenvalue weighted by Gasteiger charge is 2.17. The van der Waals surface area contributed by atoms with Crippen LogP contribution < -0.4 is 4.90 Å². The van der Waals surface area contributed by atoms with E-state index in [9.17, 15) is 0 Å². The van der Waals surface area contributed by atoms with Crippen molar-refractivity contribution in [3.05, 3.63) is 200 Å². The Balaban J connectivity index is 1.04. The summed E-state index contributed by atoms with van der Waals surface area (Å²) in [6.45, 7) is 0. The maximum absolute atomic E-state index is 6.14. The van der Waals surface area contributed by atoms with Crippen LogP contribution in [0.5, 0.6) is 0 Å². The number of benzene rings is 9. The first-order valence-electron chi connectivity index (χ1n) is 17.8. The number of furan rings is 1. The van der Waals surface area contributed by atoms with Crippen LogP contribution in [0, 0.1) is 0 Å². The Morgan fingerprint density at radius 3 is 1.67 bits per heavy atom. The standard InChI is InChI=1S/C50H33NO/c1-3-16-43-36(10-1)12-8-19-44(43)38-24-22-34(23-25-38)35-26-29-41(30-27-35)51(48-20-9-13-37-11-2-4-17-45(37)48)42-15-7-14-39(32-42)40-28-31-50-47(33-40)46-18-5-6-21-49(46)52-50/h1-33H. The van der Waals surface area contributed by atoms with E-state index >= 15 is 0 Å². The van der Waals surface area contributed by atoms with E-state index in [0.717, 1.165) is 50.1 Å². The molecule has 10 rings (SSSR count). The van der Waals surface area contributed by atoms with Crippen LogP contribution in [-0.2, 0) is 0 Å². The van der Waals surface area contributed by atoms with E-state index in [1.807, 2.05) is 12.1 Å². The van der Waals surface area contributed by atoms with Crippen molar-refractivity contribution in [2.75, 3.05) is 4.90 Å². The summed E-state index contributed by atoms with van der Waals surface area (Å²) in [6, 6.07) is 71.8. The molecule has 2 heteroatoms. The molecule has 0 aliphatic rings. The first kappa shape index (κ1) is 30.0. The van der Waals surface area contributed by atoms with E-state index in [4.69, 9.17) is 4.42 Å². The van der Waals surface area contributed by atoms with Gasteiger partial charge in [0.25, 0.3) is 0 Å². The maximum atomic E-state index is 6.14. The third-order valence-electron chi connectivity index (χ3n) is 10.3. The van der Waals surface area contributed by atoms with Crippen LogP contribution in [0.15, 0.2) is 205 Å². The van der Waals surface area contributed by atoms with Crippen molar-refractivity contribution >= 4 is 60.5 Å². The van der Waals surface area contributed by atoms with Gasteiger partial charge in [-0.15, -0.1) is 0 Å². The fourth-order valence-corrected chi connectivity index (χ4v) is 7.68. The Kier molecular flexibility index (Phi) is 7.18. The largest absolute Gasteiger partial charge is 0.456 e. The van der Waals surface area contributed by atoms with Crippen molar-refractivity contribution in [1.82, 2.24) is 0 Å². The topological polar surface area (TPSA) is 16.4 Å². The first-order valence-corrected chi connectivity index (χ1v) is 17.8. The molecule has 0 fully saturated rings. The van der Waals surface area contributed by atoms with Gasteiger partial charge in [0.05, 0.1) is 5.69 Å². The van der Waals surface area contributed by atoms with Crippen LogP contribution in [0.3, 0.4) is 0 Å². The lowest BCUT2D eigenvalue weighted by molar-refractivity contribution is 0.669. The Hall–Kier alpha value is -6.90. The Bertz CT molecular complexity index is 2890. The SMILES string of the molecule is c1cc(-c2ccc3oc4ccccc4c3c2)cc(N(c2ccc(-c3ccc(-c4cccc5ccccc45)cc3)cc2)c2cccc3ccccc23)c1. The predicted octanol–water partition coefficient (Wildman–Crippen LogP) is 14.4. The summed E-state index contributed by atoms with van der Waals surface area (Å²) in [5, 5.41) is 7.21. The van der Waals surface area contributed by atoms with Crippen LogP contribution in [-0.4, -0.2) is 0 Å². The molecule has 0 spiro atoms. The molecule has 10 aromatic rings. The molecule has 9 aromatic carbocycles. The van der Waals surface area contributed by atoms with Gasteiger partial charge in [0, 0.05) is 27.5 Å². The minimum Gasteiger partial charge on any atom is -0.456 e. The van der Waals surface area contributed by atoms with Crippen molar-refractivity contribution in [3.63, 3.8) is 0 Å². The molecule has 0 aliphatic carbocycles. The Morgan fingerprint density at radius 2 is 0.865 bits per heavy atom. The second-order valence-electron chi connectivity index (χ2n) is 13.3. The highest BCUT2D eigenvalue weighted by molar-refractivity contribution is 6.06. The van der Waals surface area contributed by atoms with Gasteiger partial charge in [-0.3, -0.25) is 0 Å². The fourth-order valence-electron chi connectivity index (χ4n) is 7.68. The summed E-state index contributed by atoms with van der Waals surface area (Å²) >= 11 is 0. The zero-order chi connectivity index (χ0) is 34.4. The second-order valence-corrected chi connectivity index (χ2v) is 13.3. The van der Waals surface area contributed by atoms with Gasteiger partial charge in [-0.2, -0.15) is 0 Å². The number of fused-ring (bicyclic) bond motifs is 5. The lowest BCUT2D eigenvalue weighted by Crippen LogP contribution is -2.10. The Morgan fingerprint density at radius 1 is 0.308 bits per heavy atom. The van der Waals surface area contributed by atoms with Crippen LogP contribution in [0.1, 0.15) is 0 Å². The first-order chi connectivity index (χ1) is 25.8. The van der Waals surface area contributed by atoms with E-state index in [-0.39, 0.29) is 0 Å². The summed E-state index contributed by atoms with van der Waals surface area (Å²) in [5.74, 6) is 0. The van der Waals surface area contributed by atoms with Gasteiger partial charge in [0.15, 0.2) is 0 Å². The van der Waals surface area contributed by atoms with E-state index in [2.05, 4.69) is 193 Å². The molecule has 0 radical (unpaired) electrons. The molecule has 0 N–H and O–H groups in total. The van der Waals surface area contributed by atoms with E-state index < -0.39 is 0 Å². The number of rotatable bonds is 6. The van der Waals surface area contributed by atoms with Gasteiger partial charge in [-0.25, -0.2) is 0 Å². The summed E-state index contributed by atoms with van der Waals surface area (Å²) in [5.41, 5.74) is 12.3. The van der Waals surface area contributed by atoms with Gasteiger partial charge in [-0.1, -0.05) is 152 Å². The third-order valence-corrected chi connectivity index (χ3v) is 10.3. The molecule has 1 heterocycles. The summed E-state index contributed by atoms with van der Waals surface area (Å²) < 4.78 is 6.14. The van der Waals surface area contributed by atoms with Gasteiger partial charge in [0.1, 0.15) is 11.2 Å². The Labute approximate surface area is 302 Å². The highest BCUT2D eigenvalue weighted by Crippen LogP contribution is 2.41. The molecule has 52 heavy (non-hydrogen) atoms. The molecule has 1 aromatic heterocycles. The van der Waals surface area contributed by atoms with Crippen molar-refractivity contribution in [2.24, 2.45) is 0 Å². The second kappa shape index (κ2) is 12.5. The van der Waals surface area contributed by atoms with Crippen LogP contribution in [0.25, 0.3) is 76.9 Å². The van der Waals surface area contributed by atoms with Crippen LogP contribution >= 0.6 is 0 Å². The lowest BCUT2D eigenvalue weighted by Gasteiger charge is -2.27. The maximum Gasteiger partial charge on any atom is 0.135 e. The molecule has 0 unspecified atom stereocenters. The normalized spacial score (nSPS) is 11.5. The van der Waals surface area contributed by atoms with Gasteiger partial charge in [0.2, 0.25) is 0 Å². The van der Waals surface area contributed by atoms with Gasteiger partial charge in [-0.05, 0) is 98.1 Å². The van der Waals surface area contributed by atoms with Crippen molar-refractivity contribution < 1.29 is 4.42 Å². The number of hydrogen-bond acceptors (Lipinski definition) is 2.